The smallest absolute Gasteiger partial charge is 0.178 e. The van der Waals surface area contributed by atoms with Gasteiger partial charge in [-0.15, -0.1) is 0 Å². The molecule has 0 fully saturated rings. The van der Waals surface area contributed by atoms with E-state index in [4.69, 9.17) is 18.9 Å². The Balaban J connectivity index is 1.57. The lowest BCUT2D eigenvalue weighted by Crippen LogP contribution is -2.45. The Morgan fingerprint density at radius 3 is 1.26 bits per heavy atom. The predicted molar refractivity (Wildman–Crippen MR) is 148 cm³/mol. The number of aromatic hydroxyl groups is 4. The number of phenols is 4. The number of carbonyl (C=O) groups is 2. The topological polar surface area (TPSA) is 152 Å². The van der Waals surface area contributed by atoms with E-state index in [-0.39, 0.29) is 34.1 Å². The van der Waals surface area contributed by atoms with Gasteiger partial charge in [-0.05, 0) is 35.4 Å². The summed E-state index contributed by atoms with van der Waals surface area (Å²) in [5.41, 5.74) is 0.656. The summed E-state index contributed by atoms with van der Waals surface area (Å²) in [6.07, 6.45) is -2.15. The van der Waals surface area contributed by atoms with E-state index in [9.17, 15) is 30.0 Å². The van der Waals surface area contributed by atoms with Crippen molar-refractivity contribution in [2.75, 3.05) is 14.2 Å². The van der Waals surface area contributed by atoms with Crippen LogP contribution in [0.15, 0.2) is 72.8 Å². The fraction of sp³-hybridized carbons (Fsp3) is 0.188. The van der Waals surface area contributed by atoms with Crippen LogP contribution in [0.25, 0.3) is 0 Å². The second kappa shape index (κ2) is 10.2. The maximum Gasteiger partial charge on any atom is 0.178 e. The zero-order valence-corrected chi connectivity index (χ0v) is 22.5. The van der Waals surface area contributed by atoms with Crippen LogP contribution in [0.4, 0.5) is 0 Å². The molecule has 214 valence electrons. The van der Waals surface area contributed by atoms with Gasteiger partial charge in [0.2, 0.25) is 0 Å². The summed E-state index contributed by atoms with van der Waals surface area (Å²) in [5.74, 6) is -4.37. The number of hydrogen-bond donors (Lipinski definition) is 4. The van der Waals surface area contributed by atoms with E-state index in [2.05, 4.69) is 0 Å². The number of phenolic OH excluding ortho intramolecular Hbond substituents is 4. The normalized spacial score (nSPS) is 21.0. The van der Waals surface area contributed by atoms with Crippen molar-refractivity contribution in [3.05, 3.63) is 95.1 Å². The number of carbonyl (C=O) groups excluding carboxylic acids is 2. The fourth-order valence-electron chi connectivity index (χ4n) is 5.72. The van der Waals surface area contributed by atoms with Crippen LogP contribution in [0.2, 0.25) is 0 Å². The Hall–Kier alpha value is -5.38. The lowest BCUT2D eigenvalue weighted by atomic mass is 9.69. The minimum atomic E-state index is -1.26. The Labute approximate surface area is 239 Å². The zero-order chi connectivity index (χ0) is 29.7. The van der Waals surface area contributed by atoms with Crippen LogP contribution in [0.3, 0.4) is 0 Å². The van der Waals surface area contributed by atoms with Gasteiger partial charge in [-0.25, -0.2) is 0 Å². The van der Waals surface area contributed by atoms with Gasteiger partial charge in [-0.1, -0.05) is 24.3 Å². The van der Waals surface area contributed by atoms with Crippen molar-refractivity contribution in [1.82, 2.24) is 0 Å². The van der Waals surface area contributed by atoms with Gasteiger partial charge in [0.25, 0.3) is 0 Å². The van der Waals surface area contributed by atoms with Crippen molar-refractivity contribution in [1.29, 1.82) is 0 Å². The molecule has 6 rings (SSSR count). The molecule has 0 aromatic heterocycles. The Kier molecular flexibility index (Phi) is 6.53. The van der Waals surface area contributed by atoms with Crippen molar-refractivity contribution < 1.29 is 49.0 Å². The molecule has 0 saturated heterocycles. The minimum Gasteiger partial charge on any atom is -0.508 e. The molecule has 42 heavy (non-hydrogen) atoms. The third-order valence-corrected chi connectivity index (χ3v) is 7.67. The molecule has 0 radical (unpaired) electrons. The molecule has 0 spiro atoms. The molecule has 10 nitrogen and oxygen atoms in total. The van der Waals surface area contributed by atoms with Crippen LogP contribution in [0.1, 0.15) is 44.1 Å². The molecule has 4 aromatic carbocycles. The first-order valence-electron chi connectivity index (χ1n) is 13.0. The molecule has 4 atom stereocenters. The van der Waals surface area contributed by atoms with Crippen molar-refractivity contribution in [3.8, 4) is 46.0 Å². The van der Waals surface area contributed by atoms with Crippen molar-refractivity contribution in [2.24, 2.45) is 11.8 Å². The third-order valence-electron chi connectivity index (χ3n) is 7.67. The first-order chi connectivity index (χ1) is 20.2. The standard InChI is InChI=1S/C32H26O10/c1-39-19-7-3-15(4-8-19)31-27(29(37)25-21(35)11-17(33)13-23(25)41-31)28-30(38)26-22(36)12-18(34)14-24(26)42-32(28)16-5-9-20(40-2)10-6-16/h3-14,27-28,31-36H,1-2H3/t27-,28+,31-,32-/m0/s1. The second-order valence-electron chi connectivity index (χ2n) is 10.1. The number of ketones is 2. The summed E-state index contributed by atoms with van der Waals surface area (Å²) in [6.45, 7) is 0. The Morgan fingerprint density at radius 1 is 0.571 bits per heavy atom. The van der Waals surface area contributed by atoms with Crippen molar-refractivity contribution >= 4 is 11.6 Å². The average molecular weight is 571 g/mol. The second-order valence-corrected chi connectivity index (χ2v) is 10.1. The minimum absolute atomic E-state index is 0.0482. The monoisotopic (exact) mass is 570 g/mol. The molecular weight excluding hydrogens is 544 g/mol. The number of Topliss-reactive ketones (excluding diaryl/α,β-unsaturated/α-hetero) is 2. The van der Waals surface area contributed by atoms with Crippen LogP contribution < -0.4 is 18.9 Å². The molecule has 4 aromatic rings. The zero-order valence-electron chi connectivity index (χ0n) is 22.5. The largest absolute Gasteiger partial charge is 0.508 e. The number of fused-ring (bicyclic) bond motifs is 2. The number of hydrogen-bond acceptors (Lipinski definition) is 10. The molecule has 2 aliphatic heterocycles. The number of rotatable bonds is 5. The predicted octanol–water partition coefficient (Wildman–Crippen LogP) is 5.09. The van der Waals surface area contributed by atoms with Crippen molar-refractivity contribution in [2.45, 2.75) is 12.2 Å². The summed E-state index contributed by atoms with van der Waals surface area (Å²) in [4.78, 5) is 28.7. The third kappa shape index (κ3) is 4.37. The first-order valence-corrected chi connectivity index (χ1v) is 13.0. The van der Waals surface area contributed by atoms with Crippen molar-refractivity contribution in [3.63, 3.8) is 0 Å². The Morgan fingerprint density at radius 2 is 0.929 bits per heavy atom. The van der Waals surface area contributed by atoms with Gasteiger partial charge in [0.1, 0.15) is 69.3 Å². The highest BCUT2D eigenvalue weighted by molar-refractivity contribution is 6.11. The van der Waals surface area contributed by atoms with E-state index in [0.717, 1.165) is 12.1 Å². The average Bonchev–Trinajstić information content (AvgIpc) is 2.96. The SMILES string of the molecule is COc1ccc([C@@H]2Oc3cc(O)cc(O)c3C(=O)[C@@H]2[C@@H]2C(=O)c3c(O)cc(O)cc3O[C@H]2c2ccc(OC)cc2)cc1. The van der Waals surface area contributed by atoms with Crippen LogP contribution in [0, 0.1) is 11.8 Å². The number of ether oxygens (including phenoxy) is 4. The highest BCUT2D eigenvalue weighted by Crippen LogP contribution is 2.53. The molecule has 2 aliphatic rings. The maximum atomic E-state index is 14.4. The fourth-order valence-corrected chi connectivity index (χ4v) is 5.72. The highest BCUT2D eigenvalue weighted by atomic mass is 16.5. The first kappa shape index (κ1) is 26.8. The van der Waals surface area contributed by atoms with Crippen LogP contribution in [0.5, 0.6) is 46.0 Å². The molecule has 0 saturated carbocycles. The molecule has 0 bridgehead atoms. The number of methoxy groups -OCH3 is 2. The van der Waals surface area contributed by atoms with Gasteiger partial charge in [0.15, 0.2) is 11.6 Å². The van der Waals surface area contributed by atoms with Gasteiger partial charge in [-0.2, -0.15) is 0 Å². The van der Waals surface area contributed by atoms with Gasteiger partial charge in [-0.3, -0.25) is 9.59 Å². The molecule has 0 aliphatic carbocycles. The molecule has 0 amide bonds. The lowest BCUT2D eigenvalue weighted by molar-refractivity contribution is 0.0129. The summed E-state index contributed by atoms with van der Waals surface area (Å²) in [6, 6.07) is 18.0. The van der Waals surface area contributed by atoms with E-state index in [0.29, 0.717) is 22.6 Å². The van der Waals surface area contributed by atoms with Gasteiger partial charge in [0.05, 0.1) is 26.1 Å². The van der Waals surface area contributed by atoms with E-state index in [1.54, 1.807) is 48.5 Å². The van der Waals surface area contributed by atoms with Crippen LogP contribution in [-0.4, -0.2) is 46.2 Å². The molecule has 0 unspecified atom stereocenters. The highest BCUT2D eigenvalue weighted by Gasteiger charge is 2.53. The van der Waals surface area contributed by atoms with E-state index < -0.39 is 47.1 Å². The Bertz CT molecular complexity index is 1570. The van der Waals surface area contributed by atoms with Gasteiger partial charge in [0, 0.05) is 24.3 Å². The molecule has 10 heteroatoms. The molecule has 4 N–H and O–H groups in total. The maximum absolute atomic E-state index is 14.4. The summed E-state index contributed by atoms with van der Waals surface area (Å²) in [7, 11) is 3.03. The van der Waals surface area contributed by atoms with Gasteiger partial charge < -0.3 is 39.4 Å². The summed E-state index contributed by atoms with van der Waals surface area (Å²) >= 11 is 0. The number of benzene rings is 4. The van der Waals surface area contributed by atoms with Crippen LogP contribution >= 0.6 is 0 Å². The molecular formula is C32H26O10. The quantitative estimate of drug-likeness (QED) is 0.255. The lowest BCUT2D eigenvalue weighted by Gasteiger charge is -2.42. The van der Waals surface area contributed by atoms with E-state index in [1.807, 2.05) is 0 Å². The summed E-state index contributed by atoms with van der Waals surface area (Å²) < 4.78 is 23.1. The summed E-state index contributed by atoms with van der Waals surface area (Å²) in [5, 5.41) is 41.7. The van der Waals surface area contributed by atoms with E-state index in [1.165, 1.54) is 26.4 Å². The van der Waals surface area contributed by atoms with Gasteiger partial charge >= 0.3 is 0 Å². The van der Waals surface area contributed by atoms with Crippen LogP contribution in [-0.2, 0) is 0 Å². The molecule has 2 heterocycles. The van der Waals surface area contributed by atoms with E-state index >= 15 is 0 Å².